The van der Waals surface area contributed by atoms with E-state index >= 15 is 0 Å². The number of amides is 1. The molecular weight excluding hydrogens is 347 g/mol. The van der Waals surface area contributed by atoms with Crippen molar-refractivity contribution in [2.24, 2.45) is 10.9 Å². The highest BCUT2D eigenvalue weighted by molar-refractivity contribution is 5.98. The maximum atomic E-state index is 13.1. The van der Waals surface area contributed by atoms with Crippen molar-refractivity contribution in [3.63, 3.8) is 0 Å². The summed E-state index contributed by atoms with van der Waals surface area (Å²) in [7, 11) is 0. The van der Waals surface area contributed by atoms with Crippen LogP contribution in [0.4, 0.5) is 4.39 Å². The zero-order chi connectivity index (χ0) is 19.2. The Morgan fingerprint density at radius 1 is 1.15 bits per heavy atom. The molecule has 0 saturated carbocycles. The van der Waals surface area contributed by atoms with Gasteiger partial charge in [0.15, 0.2) is 0 Å². The van der Waals surface area contributed by atoms with Gasteiger partial charge in [-0.05, 0) is 48.2 Å². The van der Waals surface area contributed by atoms with Crippen LogP contribution in [0, 0.1) is 10.7 Å². The Morgan fingerprint density at radius 2 is 1.89 bits per heavy atom. The van der Waals surface area contributed by atoms with Gasteiger partial charge in [0.2, 0.25) is 0 Å². The van der Waals surface area contributed by atoms with E-state index in [2.05, 4.69) is 15.5 Å². The summed E-state index contributed by atoms with van der Waals surface area (Å²) >= 11 is 0. The number of benzene rings is 2. The minimum absolute atomic E-state index is 0.217. The van der Waals surface area contributed by atoms with Crippen molar-refractivity contribution in [2.75, 3.05) is 13.1 Å². The highest BCUT2D eigenvalue weighted by Crippen LogP contribution is 2.25. The number of halogens is 1. The van der Waals surface area contributed by atoms with Gasteiger partial charge >= 0.3 is 0 Å². The zero-order valence-corrected chi connectivity index (χ0v) is 14.7. The van der Waals surface area contributed by atoms with E-state index in [0.717, 1.165) is 22.0 Å². The van der Waals surface area contributed by atoms with Gasteiger partial charge in [0, 0.05) is 23.5 Å². The Morgan fingerprint density at radius 3 is 2.63 bits per heavy atom. The predicted molar refractivity (Wildman–Crippen MR) is 104 cm³/mol. The second-order valence-corrected chi connectivity index (χ2v) is 6.46. The van der Waals surface area contributed by atoms with Crippen LogP contribution in [0.2, 0.25) is 0 Å². The third-order valence-corrected chi connectivity index (χ3v) is 4.39. The van der Waals surface area contributed by atoms with Gasteiger partial charge in [-0.15, -0.1) is 0 Å². The average molecular weight is 368 g/mol. The van der Waals surface area contributed by atoms with Gasteiger partial charge in [0.25, 0.3) is 5.91 Å². The second kappa shape index (κ2) is 8.55. The molecular formula is C20H21FN4O2. The van der Waals surface area contributed by atoms with Crippen LogP contribution >= 0.6 is 0 Å². The highest BCUT2D eigenvalue weighted by Gasteiger charge is 2.12. The summed E-state index contributed by atoms with van der Waals surface area (Å²) in [5.41, 5.74) is 9.02. The smallest absolute Gasteiger partial charge is 0.267 e. The number of carbonyl (C=O) groups excluding carboxylic acids is 1. The third kappa shape index (κ3) is 4.77. The van der Waals surface area contributed by atoms with Gasteiger partial charge in [0.1, 0.15) is 11.5 Å². The van der Waals surface area contributed by atoms with Crippen molar-refractivity contribution in [1.82, 2.24) is 10.3 Å². The summed E-state index contributed by atoms with van der Waals surface area (Å²) in [5.74, 6) is -0.516. The van der Waals surface area contributed by atoms with Crippen LogP contribution in [0.1, 0.15) is 23.3 Å². The van der Waals surface area contributed by atoms with Gasteiger partial charge in [-0.25, -0.2) is 4.39 Å². The summed E-state index contributed by atoms with van der Waals surface area (Å²) in [4.78, 5) is 25.5. The van der Waals surface area contributed by atoms with E-state index in [9.17, 15) is 14.1 Å². The molecule has 0 radical (unpaired) electrons. The van der Waals surface area contributed by atoms with Gasteiger partial charge in [-0.1, -0.05) is 29.4 Å². The molecule has 0 aliphatic rings. The first-order valence-electron chi connectivity index (χ1n) is 8.78. The first kappa shape index (κ1) is 18.7. The Labute approximate surface area is 155 Å². The molecule has 0 spiro atoms. The van der Waals surface area contributed by atoms with Crippen LogP contribution in [-0.4, -0.2) is 30.0 Å². The fourth-order valence-electron chi connectivity index (χ4n) is 2.91. The predicted octanol–water partition coefficient (Wildman–Crippen LogP) is 3.58. The molecule has 1 heterocycles. The first-order chi connectivity index (χ1) is 13.1. The molecule has 27 heavy (non-hydrogen) atoms. The van der Waals surface area contributed by atoms with Crippen LogP contribution in [0.25, 0.3) is 22.0 Å². The number of aromatic nitrogens is 1. The van der Waals surface area contributed by atoms with Gasteiger partial charge in [-0.2, -0.15) is 4.91 Å². The Balaban J connectivity index is 1.68. The molecule has 3 aromatic rings. The second-order valence-electron chi connectivity index (χ2n) is 6.46. The van der Waals surface area contributed by atoms with Crippen LogP contribution in [-0.2, 0) is 0 Å². The number of aromatic amines is 1. The Bertz CT molecular complexity index is 937. The number of hydrogen-bond acceptors (Lipinski definition) is 4. The summed E-state index contributed by atoms with van der Waals surface area (Å²) < 4.78 is 13.1. The topological polar surface area (TPSA) is 100 Å². The molecule has 1 aromatic heterocycles. The van der Waals surface area contributed by atoms with Crippen molar-refractivity contribution < 1.29 is 9.18 Å². The number of carbonyl (C=O) groups is 1. The Hall–Kier alpha value is -3.06. The van der Waals surface area contributed by atoms with Gasteiger partial charge in [-0.3, -0.25) is 4.79 Å². The SMILES string of the molecule is N[C@H](CCCN=O)CNC(=O)c1cc2ccc(-c3ccc(F)cc3)cc2[nH]1. The molecule has 0 aliphatic carbocycles. The number of nitrogens with two attached hydrogens (primary N) is 1. The van der Waals surface area contributed by atoms with E-state index in [1.54, 1.807) is 18.2 Å². The Kier molecular flexibility index (Phi) is 5.93. The molecule has 4 N–H and O–H groups in total. The number of nitrogens with zero attached hydrogens (tertiary/aromatic N) is 1. The molecule has 140 valence electrons. The minimum Gasteiger partial charge on any atom is -0.351 e. The summed E-state index contributed by atoms with van der Waals surface area (Å²) in [6, 6.07) is 13.6. The van der Waals surface area contributed by atoms with E-state index in [1.165, 1.54) is 12.1 Å². The molecule has 0 fully saturated rings. The van der Waals surface area contributed by atoms with Gasteiger partial charge < -0.3 is 16.0 Å². The summed E-state index contributed by atoms with van der Waals surface area (Å²) in [5, 5.41) is 6.49. The normalized spacial score (nSPS) is 12.1. The third-order valence-electron chi connectivity index (χ3n) is 4.39. The van der Waals surface area contributed by atoms with Crippen LogP contribution in [0.3, 0.4) is 0 Å². The number of hydrogen-bond donors (Lipinski definition) is 3. The zero-order valence-electron chi connectivity index (χ0n) is 14.7. The highest BCUT2D eigenvalue weighted by atomic mass is 19.1. The lowest BCUT2D eigenvalue weighted by Crippen LogP contribution is -2.37. The maximum absolute atomic E-state index is 13.1. The fourth-order valence-corrected chi connectivity index (χ4v) is 2.91. The van der Waals surface area contributed by atoms with E-state index in [4.69, 9.17) is 5.73 Å². The molecule has 7 heteroatoms. The molecule has 0 aliphatic heterocycles. The number of H-pyrrole nitrogens is 1. The van der Waals surface area contributed by atoms with Crippen LogP contribution in [0.5, 0.6) is 0 Å². The molecule has 0 saturated heterocycles. The summed E-state index contributed by atoms with van der Waals surface area (Å²) in [6.07, 6.45) is 1.23. The number of nitrogens with one attached hydrogen (secondary N) is 2. The number of rotatable bonds is 8. The lowest BCUT2D eigenvalue weighted by molar-refractivity contribution is 0.0946. The van der Waals surface area contributed by atoms with E-state index in [-0.39, 0.29) is 24.3 Å². The lowest BCUT2D eigenvalue weighted by atomic mass is 10.0. The monoisotopic (exact) mass is 368 g/mol. The molecule has 0 bridgehead atoms. The van der Waals surface area contributed by atoms with Crippen molar-refractivity contribution in [1.29, 1.82) is 0 Å². The van der Waals surface area contributed by atoms with Crippen LogP contribution in [0.15, 0.2) is 53.7 Å². The van der Waals surface area contributed by atoms with Crippen molar-refractivity contribution in [3.8, 4) is 11.1 Å². The molecule has 3 rings (SSSR count). The van der Waals surface area contributed by atoms with E-state index < -0.39 is 0 Å². The maximum Gasteiger partial charge on any atom is 0.267 e. The average Bonchev–Trinajstić information content (AvgIpc) is 3.10. The van der Waals surface area contributed by atoms with E-state index in [1.807, 2.05) is 18.2 Å². The van der Waals surface area contributed by atoms with Gasteiger partial charge in [0.05, 0.1) is 6.54 Å². The molecule has 6 nitrogen and oxygen atoms in total. The minimum atomic E-state index is -0.278. The fraction of sp³-hybridized carbons (Fsp3) is 0.250. The van der Waals surface area contributed by atoms with Crippen molar-refractivity contribution >= 4 is 16.8 Å². The number of nitroso groups, excluding NO2 is 1. The quantitative estimate of drug-likeness (QED) is 0.418. The molecule has 0 unspecified atom stereocenters. The summed E-state index contributed by atoms with van der Waals surface area (Å²) in [6.45, 7) is 0.563. The standard InChI is InChI=1S/C20H21FN4O2/c21-16-7-5-13(6-8-16)14-3-4-15-11-19(25-18(15)10-14)20(26)23-12-17(22)2-1-9-24-27/h3-8,10-11,17,25H,1-2,9,12,22H2,(H,23,26)/t17-/m1/s1. The number of fused-ring (bicyclic) bond motifs is 1. The molecule has 1 amide bonds. The first-order valence-corrected chi connectivity index (χ1v) is 8.78. The van der Waals surface area contributed by atoms with Crippen LogP contribution < -0.4 is 11.1 Å². The molecule has 2 aromatic carbocycles. The van der Waals surface area contributed by atoms with Crippen molar-refractivity contribution in [2.45, 2.75) is 18.9 Å². The van der Waals surface area contributed by atoms with E-state index in [0.29, 0.717) is 25.1 Å². The lowest BCUT2D eigenvalue weighted by Gasteiger charge is -2.11. The van der Waals surface area contributed by atoms with Crippen molar-refractivity contribution in [3.05, 3.63) is 64.9 Å². The molecule has 1 atom stereocenters. The largest absolute Gasteiger partial charge is 0.351 e.